The number of hydrogen-bond acceptors (Lipinski definition) is 4. The molecule has 1 aromatic carbocycles. The first-order valence-corrected chi connectivity index (χ1v) is 16.0. The molecule has 6 heteroatoms. The molecule has 0 radical (unpaired) electrons. The molecule has 230 valence electrons. The molecule has 5 nitrogen and oxygen atoms in total. The Labute approximate surface area is 250 Å². The molecule has 0 saturated carbocycles. The van der Waals surface area contributed by atoms with Crippen molar-refractivity contribution < 1.29 is 9.18 Å². The number of unbranched alkanes of at least 4 members (excludes halogenated alkanes) is 1. The van der Waals surface area contributed by atoms with Gasteiger partial charge in [-0.2, -0.15) is 0 Å². The summed E-state index contributed by atoms with van der Waals surface area (Å²) < 4.78 is 15.2. The SMILES string of the molecule is C=C(/C=C(/N=C/C(=O)N1CCCCCC1C)N(C)/C(=C\C)CCCC)c1ccc(N2CCCC2)cc1F.CC.CC. The zero-order valence-electron chi connectivity index (χ0n) is 27.3. The van der Waals surface area contributed by atoms with Gasteiger partial charge in [0.25, 0.3) is 5.91 Å². The van der Waals surface area contributed by atoms with Gasteiger partial charge < -0.3 is 14.7 Å². The van der Waals surface area contributed by atoms with Crippen molar-refractivity contribution in [1.82, 2.24) is 9.80 Å². The van der Waals surface area contributed by atoms with E-state index in [9.17, 15) is 4.79 Å². The predicted molar refractivity (Wildman–Crippen MR) is 177 cm³/mol. The Balaban J connectivity index is 0.00000201. The molecule has 3 rings (SSSR count). The van der Waals surface area contributed by atoms with Gasteiger partial charge in [-0.05, 0) is 82.2 Å². The number of benzene rings is 1. The number of halogens is 1. The molecule has 1 unspecified atom stereocenters. The molecular weight excluding hydrogens is 511 g/mol. The summed E-state index contributed by atoms with van der Waals surface area (Å²) in [6.45, 7) is 21.2. The van der Waals surface area contributed by atoms with E-state index in [0.717, 1.165) is 88.8 Å². The zero-order valence-corrected chi connectivity index (χ0v) is 27.3. The summed E-state index contributed by atoms with van der Waals surface area (Å²) in [5.41, 5.74) is 3.01. The van der Waals surface area contributed by atoms with E-state index in [2.05, 4.69) is 36.4 Å². The van der Waals surface area contributed by atoms with Crippen LogP contribution in [0.3, 0.4) is 0 Å². The molecule has 2 fully saturated rings. The van der Waals surface area contributed by atoms with Crippen LogP contribution in [-0.4, -0.2) is 54.6 Å². The molecule has 1 atom stereocenters. The van der Waals surface area contributed by atoms with Crippen molar-refractivity contribution in [3.05, 3.63) is 59.8 Å². The number of nitrogens with zero attached hydrogens (tertiary/aromatic N) is 4. The second-order valence-corrected chi connectivity index (χ2v) is 10.3. The van der Waals surface area contributed by atoms with E-state index in [1.54, 1.807) is 18.2 Å². The lowest BCUT2D eigenvalue weighted by molar-refractivity contribution is -0.125. The topological polar surface area (TPSA) is 39.2 Å². The lowest BCUT2D eigenvalue weighted by Crippen LogP contribution is -2.39. The van der Waals surface area contributed by atoms with E-state index >= 15 is 4.39 Å². The summed E-state index contributed by atoms with van der Waals surface area (Å²) in [6, 6.07) is 5.59. The molecule has 2 heterocycles. The van der Waals surface area contributed by atoms with Crippen LogP contribution in [0.5, 0.6) is 0 Å². The Morgan fingerprint density at radius 2 is 1.76 bits per heavy atom. The van der Waals surface area contributed by atoms with Crippen LogP contribution in [0.4, 0.5) is 10.1 Å². The first kappa shape index (κ1) is 36.1. The smallest absolute Gasteiger partial charge is 0.265 e. The number of carbonyl (C=O) groups is 1. The van der Waals surface area contributed by atoms with Gasteiger partial charge in [0.15, 0.2) is 0 Å². The monoisotopic (exact) mass is 568 g/mol. The highest BCUT2D eigenvalue weighted by atomic mass is 19.1. The normalized spacial score (nSPS) is 17.8. The Bertz CT molecular complexity index is 1020. The average Bonchev–Trinajstić information content (AvgIpc) is 3.45. The van der Waals surface area contributed by atoms with Gasteiger partial charge in [-0.25, -0.2) is 9.38 Å². The highest BCUT2D eigenvalue weighted by Gasteiger charge is 2.21. The van der Waals surface area contributed by atoms with Crippen molar-refractivity contribution in [2.24, 2.45) is 4.99 Å². The number of likely N-dealkylation sites (tertiary alicyclic amines) is 1. The van der Waals surface area contributed by atoms with E-state index < -0.39 is 0 Å². The van der Waals surface area contributed by atoms with Gasteiger partial charge in [-0.15, -0.1) is 0 Å². The summed E-state index contributed by atoms with van der Waals surface area (Å²) in [5.74, 6) is 0.215. The van der Waals surface area contributed by atoms with Gasteiger partial charge in [0, 0.05) is 49.7 Å². The van der Waals surface area contributed by atoms with Crippen molar-refractivity contribution in [2.45, 2.75) is 112 Å². The highest BCUT2D eigenvalue weighted by molar-refractivity contribution is 6.26. The maximum atomic E-state index is 15.2. The van der Waals surface area contributed by atoms with E-state index in [4.69, 9.17) is 0 Å². The zero-order chi connectivity index (χ0) is 30.8. The van der Waals surface area contributed by atoms with Gasteiger partial charge >= 0.3 is 0 Å². The molecule has 41 heavy (non-hydrogen) atoms. The maximum absolute atomic E-state index is 15.2. The molecule has 2 aliphatic rings. The Morgan fingerprint density at radius 3 is 2.37 bits per heavy atom. The third-order valence-electron chi connectivity index (χ3n) is 7.61. The van der Waals surface area contributed by atoms with Crippen molar-refractivity contribution in [3.8, 4) is 0 Å². The average molecular weight is 569 g/mol. The first-order chi connectivity index (χ1) is 19.8. The van der Waals surface area contributed by atoms with Gasteiger partial charge in [0.1, 0.15) is 11.6 Å². The number of aliphatic imine (C=N–C) groups is 1. The molecule has 0 aromatic heterocycles. The fourth-order valence-corrected chi connectivity index (χ4v) is 5.20. The van der Waals surface area contributed by atoms with Crippen molar-refractivity contribution in [3.63, 3.8) is 0 Å². The molecule has 1 aromatic rings. The van der Waals surface area contributed by atoms with Gasteiger partial charge in [0.05, 0.1) is 6.21 Å². The molecule has 0 spiro atoms. The number of amides is 1. The third kappa shape index (κ3) is 11.1. The van der Waals surface area contributed by atoms with Gasteiger partial charge in [0.2, 0.25) is 0 Å². The second kappa shape index (κ2) is 20.1. The van der Waals surface area contributed by atoms with Crippen LogP contribution in [0.15, 0.2) is 53.4 Å². The summed E-state index contributed by atoms with van der Waals surface area (Å²) in [5, 5.41) is 0. The first-order valence-electron chi connectivity index (χ1n) is 16.0. The summed E-state index contributed by atoms with van der Waals surface area (Å²) in [6.07, 6.45) is 15.0. The van der Waals surface area contributed by atoms with Gasteiger partial charge in [-0.1, -0.05) is 66.5 Å². The van der Waals surface area contributed by atoms with Crippen molar-refractivity contribution in [2.75, 3.05) is 31.6 Å². The number of anilines is 1. The molecule has 0 N–H and O–H groups in total. The summed E-state index contributed by atoms with van der Waals surface area (Å²) in [7, 11) is 1.95. The summed E-state index contributed by atoms with van der Waals surface area (Å²) in [4.78, 5) is 23.9. The Hall–Kier alpha value is -2.89. The van der Waals surface area contributed by atoms with Crippen molar-refractivity contribution in [1.29, 1.82) is 0 Å². The van der Waals surface area contributed by atoms with Crippen LogP contribution in [0.25, 0.3) is 5.57 Å². The number of carbonyl (C=O) groups excluding carboxylic acids is 1. The molecular formula is C35H57FN4O. The van der Waals surface area contributed by atoms with Crippen LogP contribution >= 0.6 is 0 Å². The largest absolute Gasteiger partial charge is 0.371 e. The van der Waals surface area contributed by atoms with E-state index in [1.165, 1.54) is 6.21 Å². The fourth-order valence-electron chi connectivity index (χ4n) is 5.20. The predicted octanol–water partition coefficient (Wildman–Crippen LogP) is 9.22. The fraction of sp³-hybridized carbons (Fsp3) is 0.600. The molecule has 2 saturated heterocycles. The van der Waals surface area contributed by atoms with Crippen LogP contribution in [-0.2, 0) is 4.79 Å². The molecule has 0 aliphatic carbocycles. The minimum Gasteiger partial charge on any atom is -0.371 e. The van der Waals surface area contributed by atoms with E-state index in [1.807, 2.05) is 57.5 Å². The van der Waals surface area contributed by atoms with Crippen LogP contribution < -0.4 is 4.90 Å². The lowest BCUT2D eigenvalue weighted by Gasteiger charge is -2.26. The van der Waals surface area contributed by atoms with Gasteiger partial charge in [-0.3, -0.25) is 4.79 Å². The highest BCUT2D eigenvalue weighted by Crippen LogP contribution is 2.28. The Morgan fingerprint density at radius 1 is 1.10 bits per heavy atom. The number of hydrogen-bond donors (Lipinski definition) is 0. The summed E-state index contributed by atoms with van der Waals surface area (Å²) >= 11 is 0. The number of allylic oxidation sites excluding steroid dienone is 4. The molecule has 0 bridgehead atoms. The third-order valence-corrected chi connectivity index (χ3v) is 7.61. The molecule has 2 aliphatic heterocycles. The number of rotatable bonds is 10. The van der Waals surface area contributed by atoms with E-state index in [0.29, 0.717) is 17.0 Å². The van der Waals surface area contributed by atoms with Crippen molar-refractivity contribution >= 4 is 23.4 Å². The second-order valence-electron chi connectivity index (χ2n) is 10.3. The standard InChI is InChI=1S/C31H45FN4O.2C2H6/c1-6-8-15-26(7-2)34(5)30(33-23-31(37)36-20-11-9-10-14-25(36)4)21-24(3)28-17-16-27(22-29(28)32)35-18-12-13-19-35;2*1-2/h7,16-17,21-23,25H,3,6,8-15,18-20H2,1-2,4-5H3;2*1-2H3/b26-7-,30-21-,33-23+;;. The van der Waals surface area contributed by atoms with Crippen LogP contribution in [0, 0.1) is 5.82 Å². The lowest BCUT2D eigenvalue weighted by atomic mass is 10.1. The minimum atomic E-state index is -0.289. The Kier molecular flexibility index (Phi) is 17.7. The minimum absolute atomic E-state index is 0.0731. The van der Waals surface area contributed by atoms with Crippen LogP contribution in [0.2, 0.25) is 0 Å². The maximum Gasteiger partial charge on any atom is 0.265 e. The quantitative estimate of drug-likeness (QED) is 0.209. The van der Waals surface area contributed by atoms with Crippen LogP contribution in [0.1, 0.15) is 112 Å². The van der Waals surface area contributed by atoms with E-state index in [-0.39, 0.29) is 17.8 Å². The molecule has 1 amide bonds.